The lowest BCUT2D eigenvalue weighted by molar-refractivity contribution is -0.123. The third kappa shape index (κ3) is 5.50. The van der Waals surface area contributed by atoms with E-state index in [9.17, 15) is 14.3 Å². The van der Waals surface area contributed by atoms with Crippen molar-refractivity contribution in [2.45, 2.75) is 25.7 Å². The molecule has 0 bridgehead atoms. The number of amides is 1. The van der Waals surface area contributed by atoms with Gasteiger partial charge in [-0.05, 0) is 12.5 Å². The molecule has 0 aromatic heterocycles. The van der Waals surface area contributed by atoms with Crippen molar-refractivity contribution in [2.75, 3.05) is 0 Å². The zero-order valence-electron chi connectivity index (χ0n) is 10.4. The molecule has 7 nitrogen and oxygen atoms in total. The highest BCUT2D eigenvalue weighted by Gasteiger charge is 2.28. The largest absolute Gasteiger partial charge is 0.432 e. The van der Waals surface area contributed by atoms with Crippen molar-refractivity contribution in [3.8, 4) is 0 Å². The summed E-state index contributed by atoms with van der Waals surface area (Å²) < 4.78 is 16.3. The zero-order valence-corrected chi connectivity index (χ0v) is 11.3. The van der Waals surface area contributed by atoms with Crippen LogP contribution in [0.25, 0.3) is 0 Å². The Labute approximate surface area is 111 Å². The molecule has 0 aliphatic heterocycles. The van der Waals surface area contributed by atoms with E-state index in [0.717, 1.165) is 0 Å². The van der Waals surface area contributed by atoms with Crippen LogP contribution in [0.5, 0.6) is 0 Å². The van der Waals surface area contributed by atoms with Gasteiger partial charge in [0.2, 0.25) is 5.91 Å². The van der Waals surface area contributed by atoms with Gasteiger partial charge in [-0.15, -0.1) is 0 Å². The van der Waals surface area contributed by atoms with Crippen molar-refractivity contribution in [1.29, 1.82) is 0 Å². The number of hydrogen-bond donors (Lipinski definition) is 4. The average molecular weight is 288 g/mol. The van der Waals surface area contributed by atoms with Crippen molar-refractivity contribution in [2.24, 2.45) is 5.73 Å². The first-order chi connectivity index (χ1) is 8.82. The summed E-state index contributed by atoms with van der Waals surface area (Å²) in [6.07, 6.45) is -1.13. The van der Waals surface area contributed by atoms with E-state index in [-0.39, 0.29) is 6.61 Å². The van der Waals surface area contributed by atoms with Gasteiger partial charge in [-0.2, -0.15) is 0 Å². The number of nitrogens with one attached hydrogen (secondary N) is 1. The van der Waals surface area contributed by atoms with E-state index in [0.29, 0.717) is 5.56 Å². The first-order valence-electron chi connectivity index (χ1n) is 5.59. The molecule has 3 atom stereocenters. The first kappa shape index (κ1) is 15.8. The fraction of sp³-hybridized carbons (Fsp3) is 0.364. The number of carbonyl (C=O) groups is 1. The molecule has 0 saturated heterocycles. The zero-order chi connectivity index (χ0) is 14.5. The molecule has 19 heavy (non-hydrogen) atoms. The van der Waals surface area contributed by atoms with Gasteiger partial charge in [0, 0.05) is 0 Å². The van der Waals surface area contributed by atoms with Crippen LogP contribution in [0.4, 0.5) is 0 Å². The second-order valence-corrected chi connectivity index (χ2v) is 5.54. The van der Waals surface area contributed by atoms with Gasteiger partial charge in [0.1, 0.15) is 6.04 Å². The molecular weight excluding hydrogens is 271 g/mol. The molecule has 0 aliphatic carbocycles. The molecule has 5 N–H and O–H groups in total. The molecule has 106 valence electrons. The Balaban J connectivity index is 2.53. The standard InChI is InChI=1S/C11H17N2O5P/c1-8(14)10(12)11(15)13-19(16,17)18-7-9-5-3-2-4-6-9/h2-6,8,10,14H,7,12H2,1H3,(H2,13,15,16,17)/t8-,10+/m1/s1. The summed E-state index contributed by atoms with van der Waals surface area (Å²) >= 11 is 0. The maximum Gasteiger partial charge on any atom is 0.432 e. The number of benzene rings is 1. The van der Waals surface area contributed by atoms with Gasteiger partial charge < -0.3 is 15.7 Å². The van der Waals surface area contributed by atoms with E-state index in [1.807, 2.05) is 0 Å². The van der Waals surface area contributed by atoms with Crippen molar-refractivity contribution in [1.82, 2.24) is 5.09 Å². The van der Waals surface area contributed by atoms with Gasteiger partial charge in [0.25, 0.3) is 0 Å². The Morgan fingerprint density at radius 1 is 1.47 bits per heavy atom. The second kappa shape index (κ2) is 6.79. The van der Waals surface area contributed by atoms with Crippen molar-refractivity contribution in [3.05, 3.63) is 35.9 Å². The van der Waals surface area contributed by atoms with E-state index < -0.39 is 25.8 Å². The third-order valence-corrected chi connectivity index (χ3v) is 3.31. The van der Waals surface area contributed by atoms with Gasteiger partial charge in [0.15, 0.2) is 0 Å². The number of hydrogen-bond acceptors (Lipinski definition) is 5. The number of carbonyl (C=O) groups excluding carboxylic acids is 1. The Morgan fingerprint density at radius 2 is 2.05 bits per heavy atom. The first-order valence-corrected chi connectivity index (χ1v) is 7.16. The lowest BCUT2D eigenvalue weighted by Gasteiger charge is -2.17. The van der Waals surface area contributed by atoms with E-state index in [2.05, 4.69) is 0 Å². The molecule has 0 spiro atoms. The van der Waals surface area contributed by atoms with Crippen LogP contribution < -0.4 is 10.8 Å². The van der Waals surface area contributed by atoms with Crippen LogP contribution in [0.1, 0.15) is 12.5 Å². The summed E-state index contributed by atoms with van der Waals surface area (Å²) in [6.45, 7) is 1.18. The SMILES string of the molecule is C[C@@H](O)[C@H](N)C(=O)NP(=O)(O)OCc1ccccc1. The molecule has 0 saturated carbocycles. The third-order valence-electron chi connectivity index (χ3n) is 2.32. The van der Waals surface area contributed by atoms with Crippen molar-refractivity contribution in [3.63, 3.8) is 0 Å². The minimum atomic E-state index is -4.30. The summed E-state index contributed by atoms with van der Waals surface area (Å²) in [5, 5.41) is 10.9. The van der Waals surface area contributed by atoms with Crippen LogP contribution in [-0.2, 0) is 20.5 Å². The second-order valence-electron chi connectivity index (χ2n) is 4.02. The fourth-order valence-corrected chi connectivity index (χ4v) is 2.02. The van der Waals surface area contributed by atoms with Crippen LogP contribution in [0.2, 0.25) is 0 Å². The molecule has 8 heteroatoms. The summed E-state index contributed by atoms with van der Waals surface area (Å²) in [6, 6.07) is 7.44. The van der Waals surface area contributed by atoms with Crippen LogP contribution in [-0.4, -0.2) is 28.1 Å². The minimum Gasteiger partial charge on any atom is -0.391 e. The van der Waals surface area contributed by atoms with Gasteiger partial charge in [0.05, 0.1) is 12.7 Å². The van der Waals surface area contributed by atoms with E-state index in [1.54, 1.807) is 35.4 Å². The highest BCUT2D eigenvalue weighted by molar-refractivity contribution is 7.51. The molecule has 1 unspecified atom stereocenters. The molecule has 1 aromatic rings. The van der Waals surface area contributed by atoms with Crippen LogP contribution in [0, 0.1) is 0 Å². The highest BCUT2D eigenvalue weighted by Crippen LogP contribution is 2.37. The molecule has 1 aromatic carbocycles. The van der Waals surface area contributed by atoms with Gasteiger partial charge in [-0.3, -0.25) is 14.4 Å². The molecule has 1 amide bonds. The lowest BCUT2D eigenvalue weighted by atomic mass is 10.2. The maximum absolute atomic E-state index is 11.6. The van der Waals surface area contributed by atoms with Crippen LogP contribution >= 0.6 is 7.75 Å². The summed E-state index contributed by atoms with van der Waals surface area (Å²) in [5.74, 6) is -0.950. The molecular formula is C11H17N2O5P. The number of aliphatic hydroxyl groups excluding tert-OH is 1. The van der Waals surface area contributed by atoms with Crippen LogP contribution in [0.15, 0.2) is 30.3 Å². The molecule has 0 heterocycles. The molecule has 0 aliphatic rings. The topological polar surface area (TPSA) is 122 Å². The monoisotopic (exact) mass is 288 g/mol. The molecule has 0 fully saturated rings. The predicted molar refractivity (Wildman–Crippen MR) is 68.9 cm³/mol. The van der Waals surface area contributed by atoms with Gasteiger partial charge in [-0.1, -0.05) is 30.3 Å². The Bertz CT molecular complexity index is 465. The Kier molecular flexibility index (Phi) is 5.65. The minimum absolute atomic E-state index is 0.126. The van der Waals surface area contributed by atoms with Gasteiger partial charge in [-0.25, -0.2) is 4.57 Å². The van der Waals surface area contributed by atoms with E-state index in [1.165, 1.54) is 6.92 Å². The lowest BCUT2D eigenvalue weighted by Crippen LogP contribution is -2.46. The van der Waals surface area contributed by atoms with E-state index in [4.69, 9.17) is 15.4 Å². The van der Waals surface area contributed by atoms with Gasteiger partial charge >= 0.3 is 7.75 Å². The van der Waals surface area contributed by atoms with E-state index >= 15 is 0 Å². The summed E-state index contributed by atoms with van der Waals surface area (Å²) in [7, 11) is -4.30. The quantitative estimate of drug-likeness (QED) is 0.552. The Hall–Kier alpha value is -1.24. The molecule has 1 rings (SSSR count). The normalized spacial score (nSPS) is 17.3. The number of nitrogens with two attached hydrogens (primary N) is 1. The fourth-order valence-electron chi connectivity index (χ4n) is 1.20. The summed E-state index contributed by atoms with van der Waals surface area (Å²) in [5.41, 5.74) is 6.01. The number of aliphatic hydroxyl groups is 1. The highest BCUT2D eigenvalue weighted by atomic mass is 31.2. The smallest absolute Gasteiger partial charge is 0.391 e. The van der Waals surface area contributed by atoms with Crippen molar-refractivity contribution < 1.29 is 23.9 Å². The Morgan fingerprint density at radius 3 is 2.58 bits per heavy atom. The van der Waals surface area contributed by atoms with Crippen molar-refractivity contribution >= 4 is 13.7 Å². The average Bonchev–Trinajstić information content (AvgIpc) is 2.36. The number of rotatable bonds is 6. The molecule has 0 radical (unpaired) electrons. The van der Waals surface area contributed by atoms with Crippen LogP contribution in [0.3, 0.4) is 0 Å². The maximum atomic E-state index is 11.6. The summed E-state index contributed by atoms with van der Waals surface area (Å²) in [4.78, 5) is 20.8. The predicted octanol–water partition coefficient (Wildman–Crippen LogP) is 0.128.